The van der Waals surface area contributed by atoms with Crippen LogP contribution in [0.5, 0.6) is 5.75 Å². The highest BCUT2D eigenvalue weighted by atomic mass is 19.1. The van der Waals surface area contributed by atoms with Gasteiger partial charge in [-0.2, -0.15) is 0 Å². The summed E-state index contributed by atoms with van der Waals surface area (Å²) in [6, 6.07) is 13.5. The van der Waals surface area contributed by atoms with E-state index >= 15 is 4.39 Å². The van der Waals surface area contributed by atoms with Crippen molar-refractivity contribution in [2.45, 2.75) is 78.0 Å². The number of hydrogen-bond donors (Lipinski definition) is 0. The summed E-state index contributed by atoms with van der Waals surface area (Å²) >= 11 is 0. The topological polar surface area (TPSA) is 38.8 Å². The lowest BCUT2D eigenvalue weighted by Crippen LogP contribution is -2.48. The summed E-state index contributed by atoms with van der Waals surface area (Å²) in [6.07, 6.45) is 2.93. The third kappa shape index (κ3) is 6.35. The summed E-state index contributed by atoms with van der Waals surface area (Å²) in [4.78, 5) is 15.0. The minimum atomic E-state index is -0.672. The monoisotopic (exact) mass is 453 g/mol. The Bertz CT molecular complexity index is 992. The van der Waals surface area contributed by atoms with Crippen LogP contribution in [0, 0.1) is 11.2 Å². The summed E-state index contributed by atoms with van der Waals surface area (Å²) in [5, 5.41) is 0. The number of halogens is 1. The number of carbonyl (C=O) groups is 1. The molecule has 1 atom stereocenters. The van der Waals surface area contributed by atoms with Crippen molar-refractivity contribution in [3.8, 4) is 5.75 Å². The molecule has 2 aromatic rings. The smallest absolute Gasteiger partial charge is 0.341 e. The van der Waals surface area contributed by atoms with Crippen molar-refractivity contribution in [1.29, 1.82) is 0 Å². The van der Waals surface area contributed by atoms with Crippen LogP contribution >= 0.6 is 0 Å². The predicted molar refractivity (Wildman–Crippen MR) is 128 cm³/mol. The van der Waals surface area contributed by atoms with Crippen LogP contribution in [-0.2, 0) is 11.3 Å². The first-order valence-electron chi connectivity index (χ1n) is 12.0. The quantitative estimate of drug-likeness (QED) is 0.479. The fraction of sp³-hybridized carbons (Fsp3) is 0.536. The standard InChI is InChI=1S/C28H36FNO3/c1-27(2,3)33-26(31)23-13-22(20-11-12-20)25(14-24(23)29)32-21-15-28(4,5)18-30(17-21)16-19-9-7-6-8-10-19/h6-10,13-14,20-21H,11-12,15-18H2,1-5H3/t21-/m1/s1. The average molecular weight is 454 g/mol. The van der Waals surface area contributed by atoms with Crippen molar-refractivity contribution < 1.29 is 18.7 Å². The lowest BCUT2D eigenvalue weighted by Gasteiger charge is -2.42. The van der Waals surface area contributed by atoms with Crippen LogP contribution in [0.1, 0.15) is 81.3 Å². The molecule has 0 N–H and O–H groups in total. The number of carbonyl (C=O) groups excluding carboxylic acids is 1. The van der Waals surface area contributed by atoms with Crippen LogP contribution in [0.15, 0.2) is 42.5 Å². The Morgan fingerprint density at radius 3 is 2.48 bits per heavy atom. The molecule has 1 aliphatic carbocycles. The second-order valence-electron chi connectivity index (χ2n) is 11.4. The second kappa shape index (κ2) is 9.09. The Balaban J connectivity index is 1.54. The van der Waals surface area contributed by atoms with Crippen LogP contribution < -0.4 is 4.74 Å². The molecule has 2 aliphatic rings. The minimum absolute atomic E-state index is 0.00569. The van der Waals surface area contributed by atoms with Gasteiger partial charge in [0.1, 0.15) is 23.3 Å². The SMILES string of the molecule is CC1(C)C[C@@H](Oc2cc(F)c(C(=O)OC(C)(C)C)cc2C2CC2)CN(Cc2ccccc2)C1. The summed E-state index contributed by atoms with van der Waals surface area (Å²) in [5.74, 6) is -0.315. The molecular formula is C28H36FNO3. The molecule has 1 saturated carbocycles. The van der Waals surface area contributed by atoms with Gasteiger partial charge >= 0.3 is 5.97 Å². The number of ether oxygens (including phenoxy) is 2. The van der Waals surface area contributed by atoms with Crippen molar-refractivity contribution in [2.75, 3.05) is 13.1 Å². The summed E-state index contributed by atoms with van der Waals surface area (Å²) in [7, 11) is 0. The van der Waals surface area contributed by atoms with Crippen LogP contribution in [0.3, 0.4) is 0 Å². The molecule has 1 aliphatic heterocycles. The molecule has 0 radical (unpaired) electrons. The molecule has 2 fully saturated rings. The minimum Gasteiger partial charge on any atom is -0.489 e. The van der Waals surface area contributed by atoms with Gasteiger partial charge in [0.2, 0.25) is 0 Å². The number of likely N-dealkylation sites (tertiary alicyclic amines) is 1. The van der Waals surface area contributed by atoms with E-state index < -0.39 is 17.4 Å². The second-order valence-corrected chi connectivity index (χ2v) is 11.4. The van der Waals surface area contributed by atoms with E-state index in [1.807, 2.05) is 6.07 Å². The number of hydrogen-bond acceptors (Lipinski definition) is 4. The number of rotatable bonds is 6. The molecule has 33 heavy (non-hydrogen) atoms. The molecule has 1 saturated heterocycles. The van der Waals surface area contributed by atoms with E-state index in [4.69, 9.17) is 9.47 Å². The lowest BCUT2D eigenvalue weighted by atomic mass is 9.82. The number of nitrogens with zero attached hydrogens (tertiary/aromatic N) is 1. The van der Waals surface area contributed by atoms with Gasteiger partial charge < -0.3 is 9.47 Å². The van der Waals surface area contributed by atoms with Crippen LogP contribution in [0.25, 0.3) is 0 Å². The molecule has 0 aromatic heterocycles. The molecular weight excluding hydrogens is 417 g/mol. The zero-order chi connectivity index (χ0) is 23.8. The van der Waals surface area contributed by atoms with Crippen molar-refractivity contribution in [2.24, 2.45) is 5.41 Å². The third-order valence-corrected chi connectivity index (χ3v) is 6.17. The van der Waals surface area contributed by atoms with E-state index in [1.54, 1.807) is 26.8 Å². The van der Waals surface area contributed by atoms with E-state index in [9.17, 15) is 4.79 Å². The van der Waals surface area contributed by atoms with Gasteiger partial charge in [0.05, 0.1) is 5.56 Å². The van der Waals surface area contributed by atoms with Gasteiger partial charge in [0.15, 0.2) is 0 Å². The fourth-order valence-electron chi connectivity index (χ4n) is 4.80. The lowest BCUT2D eigenvalue weighted by molar-refractivity contribution is 0.00641. The van der Waals surface area contributed by atoms with E-state index in [2.05, 4.69) is 43.0 Å². The first-order chi connectivity index (χ1) is 15.5. The molecule has 4 rings (SSSR count). The van der Waals surface area contributed by atoms with Crippen molar-refractivity contribution in [3.05, 3.63) is 65.0 Å². The van der Waals surface area contributed by atoms with Crippen LogP contribution in [-0.4, -0.2) is 35.7 Å². The number of piperidine rings is 1. The van der Waals surface area contributed by atoms with E-state index in [0.29, 0.717) is 11.7 Å². The Labute approximate surface area is 197 Å². The van der Waals surface area contributed by atoms with Gasteiger partial charge in [-0.05, 0) is 68.6 Å². The van der Waals surface area contributed by atoms with Gasteiger partial charge in [-0.1, -0.05) is 44.2 Å². The molecule has 2 aromatic carbocycles. The fourth-order valence-corrected chi connectivity index (χ4v) is 4.80. The first kappa shape index (κ1) is 23.7. The zero-order valence-electron chi connectivity index (χ0n) is 20.5. The van der Waals surface area contributed by atoms with E-state index in [-0.39, 0.29) is 17.1 Å². The van der Waals surface area contributed by atoms with Crippen molar-refractivity contribution in [1.82, 2.24) is 4.90 Å². The maximum Gasteiger partial charge on any atom is 0.341 e. The normalized spacial score (nSPS) is 21.0. The van der Waals surface area contributed by atoms with Crippen LogP contribution in [0.4, 0.5) is 4.39 Å². The Morgan fingerprint density at radius 1 is 1.15 bits per heavy atom. The van der Waals surface area contributed by atoms with Crippen molar-refractivity contribution >= 4 is 5.97 Å². The molecule has 0 unspecified atom stereocenters. The average Bonchev–Trinajstić information content (AvgIpc) is 3.51. The molecule has 0 amide bonds. The van der Waals surface area contributed by atoms with Crippen molar-refractivity contribution in [3.63, 3.8) is 0 Å². The first-order valence-corrected chi connectivity index (χ1v) is 12.0. The number of benzene rings is 2. The Morgan fingerprint density at radius 2 is 1.85 bits per heavy atom. The van der Waals surface area contributed by atoms with Gasteiger partial charge in [0, 0.05) is 25.7 Å². The highest BCUT2D eigenvalue weighted by Gasteiger charge is 2.36. The zero-order valence-corrected chi connectivity index (χ0v) is 20.5. The number of esters is 1. The van der Waals surface area contributed by atoms with E-state index in [0.717, 1.165) is 44.5 Å². The largest absolute Gasteiger partial charge is 0.489 e. The maximum atomic E-state index is 15.0. The van der Waals surface area contributed by atoms with Gasteiger partial charge in [0.25, 0.3) is 0 Å². The van der Waals surface area contributed by atoms with Gasteiger partial charge in [-0.3, -0.25) is 4.90 Å². The molecule has 0 spiro atoms. The Hall–Kier alpha value is -2.40. The molecule has 1 heterocycles. The highest BCUT2D eigenvalue weighted by molar-refractivity contribution is 5.90. The maximum absolute atomic E-state index is 15.0. The third-order valence-electron chi connectivity index (χ3n) is 6.17. The summed E-state index contributed by atoms with van der Waals surface area (Å²) < 4.78 is 26.9. The van der Waals surface area contributed by atoms with Gasteiger partial charge in [-0.25, -0.2) is 9.18 Å². The molecule has 0 bridgehead atoms. The highest BCUT2D eigenvalue weighted by Crippen LogP contribution is 2.46. The predicted octanol–water partition coefficient (Wildman–Crippen LogP) is 6.34. The molecule has 178 valence electrons. The van der Waals surface area contributed by atoms with Gasteiger partial charge in [-0.15, -0.1) is 0 Å². The van der Waals surface area contributed by atoms with Crippen LogP contribution in [0.2, 0.25) is 0 Å². The summed E-state index contributed by atoms with van der Waals surface area (Å²) in [5.41, 5.74) is 1.62. The Kier molecular flexibility index (Phi) is 6.54. The summed E-state index contributed by atoms with van der Waals surface area (Å²) in [6.45, 7) is 12.5. The van der Waals surface area contributed by atoms with E-state index in [1.165, 1.54) is 11.6 Å². The molecule has 5 heteroatoms. The molecule has 4 nitrogen and oxygen atoms in total.